The van der Waals surface area contributed by atoms with E-state index in [1.807, 2.05) is 30.6 Å². The van der Waals surface area contributed by atoms with Crippen LogP contribution >= 0.6 is 11.3 Å². The molecule has 3 rings (SSSR count). The highest BCUT2D eigenvalue weighted by atomic mass is 32.1. The molecule has 0 aromatic carbocycles. The molecule has 0 bridgehead atoms. The molecule has 0 aliphatic carbocycles. The molecule has 6 nitrogen and oxygen atoms in total. The maximum Gasteiger partial charge on any atom is 0.152 e. The number of nitrogens with zero attached hydrogens (tertiary/aromatic N) is 3. The first-order chi connectivity index (χ1) is 9.76. The summed E-state index contributed by atoms with van der Waals surface area (Å²) in [4.78, 5) is 12.0. The van der Waals surface area contributed by atoms with Crippen molar-refractivity contribution in [1.29, 1.82) is 0 Å². The summed E-state index contributed by atoms with van der Waals surface area (Å²) in [6.07, 6.45) is 1.67. The summed E-state index contributed by atoms with van der Waals surface area (Å²) < 4.78 is 5.33. The number of aromatic nitrogens is 2. The van der Waals surface area contributed by atoms with Crippen LogP contribution in [0.5, 0.6) is 0 Å². The highest BCUT2D eigenvalue weighted by Gasteiger charge is 2.10. The van der Waals surface area contributed by atoms with Crippen LogP contribution in [0.1, 0.15) is 11.6 Å². The average Bonchev–Trinajstić information content (AvgIpc) is 3.08. The number of rotatable bonds is 5. The van der Waals surface area contributed by atoms with Crippen LogP contribution in [0.2, 0.25) is 0 Å². The van der Waals surface area contributed by atoms with Crippen molar-refractivity contribution in [3.8, 4) is 0 Å². The number of hydrazine groups is 1. The number of nitrogens with two attached hydrogens (primary N) is 1. The van der Waals surface area contributed by atoms with E-state index in [1.165, 1.54) is 0 Å². The minimum Gasteiger partial charge on any atom is -0.468 e. The van der Waals surface area contributed by atoms with Gasteiger partial charge in [-0.2, -0.15) is 0 Å². The lowest BCUT2D eigenvalue weighted by Gasteiger charge is -2.14. The zero-order valence-corrected chi connectivity index (χ0v) is 11.9. The van der Waals surface area contributed by atoms with Gasteiger partial charge >= 0.3 is 0 Å². The van der Waals surface area contributed by atoms with Gasteiger partial charge < -0.3 is 9.84 Å². The first-order valence-corrected chi connectivity index (χ1v) is 7.06. The summed E-state index contributed by atoms with van der Waals surface area (Å²) >= 11 is 1.58. The normalized spacial score (nSPS) is 11.3. The molecule has 104 valence electrons. The second-order valence-corrected chi connectivity index (χ2v) is 5.42. The van der Waals surface area contributed by atoms with E-state index in [2.05, 4.69) is 20.3 Å². The Morgan fingerprint density at radius 3 is 3.00 bits per heavy atom. The molecule has 0 atom stereocenters. The van der Waals surface area contributed by atoms with E-state index >= 15 is 0 Å². The fourth-order valence-electron chi connectivity index (χ4n) is 2.05. The van der Waals surface area contributed by atoms with Gasteiger partial charge in [-0.3, -0.25) is 4.90 Å². The van der Waals surface area contributed by atoms with E-state index in [1.54, 1.807) is 17.6 Å². The number of nitrogens with one attached hydrogen (secondary N) is 1. The lowest BCUT2D eigenvalue weighted by atomic mass is 10.3. The van der Waals surface area contributed by atoms with Crippen LogP contribution < -0.4 is 11.3 Å². The Labute approximate surface area is 120 Å². The maximum atomic E-state index is 5.52. The predicted molar refractivity (Wildman–Crippen MR) is 79.1 cm³/mol. The third kappa shape index (κ3) is 2.64. The van der Waals surface area contributed by atoms with E-state index in [-0.39, 0.29) is 0 Å². The predicted octanol–water partition coefficient (Wildman–Crippen LogP) is 2.20. The Morgan fingerprint density at radius 1 is 1.35 bits per heavy atom. The maximum absolute atomic E-state index is 5.52. The molecule has 0 unspecified atom stereocenters. The molecule has 0 amide bonds. The molecular formula is C13H15N5OS. The largest absolute Gasteiger partial charge is 0.468 e. The molecule has 0 radical (unpaired) electrons. The Balaban J connectivity index is 1.79. The van der Waals surface area contributed by atoms with Crippen molar-refractivity contribution in [2.45, 2.75) is 13.1 Å². The number of fused-ring (bicyclic) bond motifs is 1. The molecule has 3 heterocycles. The van der Waals surface area contributed by atoms with Crippen molar-refractivity contribution in [1.82, 2.24) is 14.9 Å². The third-order valence-electron chi connectivity index (χ3n) is 2.93. The van der Waals surface area contributed by atoms with Crippen LogP contribution in [0.25, 0.3) is 10.2 Å². The molecule has 0 fully saturated rings. The molecule has 0 aliphatic rings. The smallest absolute Gasteiger partial charge is 0.152 e. The van der Waals surface area contributed by atoms with Gasteiger partial charge in [0.1, 0.15) is 16.4 Å². The molecule has 3 aromatic heterocycles. The fourth-order valence-corrected chi connectivity index (χ4v) is 2.83. The van der Waals surface area contributed by atoms with Crippen molar-refractivity contribution in [3.05, 3.63) is 41.4 Å². The van der Waals surface area contributed by atoms with Gasteiger partial charge in [0, 0.05) is 0 Å². The van der Waals surface area contributed by atoms with E-state index in [0.717, 1.165) is 21.8 Å². The minimum absolute atomic E-state index is 0.628. The molecule has 3 N–H and O–H groups in total. The van der Waals surface area contributed by atoms with Crippen LogP contribution in [0, 0.1) is 0 Å². The molecule has 7 heteroatoms. The van der Waals surface area contributed by atoms with Gasteiger partial charge in [0.05, 0.1) is 24.7 Å². The van der Waals surface area contributed by atoms with Gasteiger partial charge in [-0.05, 0) is 30.6 Å². The second kappa shape index (κ2) is 5.58. The number of hydrogen-bond acceptors (Lipinski definition) is 7. The van der Waals surface area contributed by atoms with E-state index in [0.29, 0.717) is 18.9 Å². The molecular weight excluding hydrogens is 274 g/mol. The van der Waals surface area contributed by atoms with E-state index < -0.39 is 0 Å². The Kier molecular flexibility index (Phi) is 3.64. The summed E-state index contributed by atoms with van der Waals surface area (Å²) in [6.45, 7) is 1.34. The number of anilines is 1. The van der Waals surface area contributed by atoms with Crippen LogP contribution in [0.3, 0.4) is 0 Å². The van der Waals surface area contributed by atoms with Crippen molar-refractivity contribution < 1.29 is 4.42 Å². The molecule has 3 aromatic rings. The first kappa shape index (κ1) is 13.0. The molecule has 0 spiro atoms. The monoisotopic (exact) mass is 289 g/mol. The standard InChI is InChI=1S/C13H15N5OS/c1-18(7-9-3-2-5-19-9)8-11-15-12(17-14)10-4-6-20-13(10)16-11/h2-6H,7-8,14H2,1H3,(H,15,16,17). The van der Waals surface area contributed by atoms with E-state index in [9.17, 15) is 0 Å². The lowest BCUT2D eigenvalue weighted by molar-refractivity contribution is 0.282. The summed E-state index contributed by atoms with van der Waals surface area (Å²) in [5.74, 6) is 7.84. The van der Waals surface area contributed by atoms with Crippen LogP contribution in [0.15, 0.2) is 34.3 Å². The average molecular weight is 289 g/mol. The number of thiophene rings is 1. The molecule has 20 heavy (non-hydrogen) atoms. The Bertz CT molecular complexity index is 694. The topological polar surface area (TPSA) is 80.2 Å². The number of furan rings is 1. The van der Waals surface area contributed by atoms with Crippen LogP contribution in [0.4, 0.5) is 5.82 Å². The molecule has 0 saturated carbocycles. The zero-order chi connectivity index (χ0) is 13.9. The minimum atomic E-state index is 0.628. The zero-order valence-electron chi connectivity index (χ0n) is 11.0. The highest BCUT2D eigenvalue weighted by molar-refractivity contribution is 7.16. The second-order valence-electron chi connectivity index (χ2n) is 4.52. The lowest BCUT2D eigenvalue weighted by Crippen LogP contribution is -2.19. The summed E-state index contributed by atoms with van der Waals surface area (Å²) in [5, 5.41) is 2.94. The van der Waals surface area contributed by atoms with Crippen molar-refractivity contribution in [3.63, 3.8) is 0 Å². The van der Waals surface area contributed by atoms with Crippen LogP contribution in [-0.2, 0) is 13.1 Å². The van der Waals surface area contributed by atoms with Gasteiger partial charge in [-0.1, -0.05) is 0 Å². The fraction of sp³-hybridized carbons (Fsp3) is 0.231. The van der Waals surface area contributed by atoms with Gasteiger partial charge in [0.2, 0.25) is 0 Å². The molecule has 0 aliphatic heterocycles. The van der Waals surface area contributed by atoms with Crippen molar-refractivity contribution in [2.75, 3.05) is 12.5 Å². The Hall–Kier alpha value is -1.96. The summed E-state index contributed by atoms with van der Waals surface area (Å²) in [6, 6.07) is 5.80. The number of hydrogen-bond donors (Lipinski definition) is 2. The first-order valence-electron chi connectivity index (χ1n) is 6.18. The third-order valence-corrected chi connectivity index (χ3v) is 3.73. The molecule has 0 saturated heterocycles. The highest BCUT2D eigenvalue weighted by Crippen LogP contribution is 2.24. The summed E-state index contributed by atoms with van der Waals surface area (Å²) in [5.41, 5.74) is 2.63. The quantitative estimate of drug-likeness (QED) is 0.553. The SMILES string of the molecule is CN(Cc1nc(NN)c2ccsc2n1)Cc1ccco1. The van der Waals surface area contributed by atoms with Crippen molar-refractivity contribution in [2.24, 2.45) is 5.84 Å². The van der Waals surface area contributed by atoms with E-state index in [4.69, 9.17) is 10.3 Å². The van der Waals surface area contributed by atoms with Crippen LogP contribution in [-0.4, -0.2) is 21.9 Å². The van der Waals surface area contributed by atoms with Gasteiger partial charge in [-0.25, -0.2) is 15.8 Å². The Morgan fingerprint density at radius 2 is 2.25 bits per heavy atom. The number of nitrogen functional groups attached to an aromatic ring is 1. The van der Waals surface area contributed by atoms with Gasteiger partial charge in [0.15, 0.2) is 5.82 Å². The summed E-state index contributed by atoms with van der Waals surface area (Å²) in [7, 11) is 2.00. The van der Waals surface area contributed by atoms with Gasteiger partial charge in [0.25, 0.3) is 0 Å². The van der Waals surface area contributed by atoms with Gasteiger partial charge in [-0.15, -0.1) is 11.3 Å². The van der Waals surface area contributed by atoms with Crippen molar-refractivity contribution >= 4 is 27.4 Å².